The van der Waals surface area contributed by atoms with Gasteiger partial charge in [0.25, 0.3) is 0 Å². The van der Waals surface area contributed by atoms with Crippen molar-refractivity contribution < 1.29 is 13.2 Å². The lowest BCUT2D eigenvalue weighted by atomic mass is 10.1. The predicted octanol–water partition coefficient (Wildman–Crippen LogP) is 5.48. The average molecular weight is 273 g/mol. The maximum atomic E-state index is 12.6. The minimum atomic E-state index is -4.28. The SMILES string of the molecule is CCCCCCC(C)Nc1cccc(C(F)(F)F)c1. The molecule has 0 aliphatic rings. The van der Waals surface area contributed by atoms with Crippen LogP contribution in [0, 0.1) is 0 Å². The van der Waals surface area contributed by atoms with Gasteiger partial charge in [0, 0.05) is 11.7 Å². The summed E-state index contributed by atoms with van der Waals surface area (Å²) in [7, 11) is 0. The Kier molecular flexibility index (Phi) is 6.19. The minimum Gasteiger partial charge on any atom is -0.383 e. The molecule has 1 N–H and O–H groups in total. The standard InChI is InChI=1S/C15H22F3N/c1-3-4-5-6-8-12(2)19-14-10-7-9-13(11-14)15(16,17)18/h7,9-12,19H,3-6,8H2,1-2H3. The average Bonchev–Trinajstić information content (AvgIpc) is 2.34. The van der Waals surface area contributed by atoms with Gasteiger partial charge in [0.1, 0.15) is 0 Å². The smallest absolute Gasteiger partial charge is 0.383 e. The summed E-state index contributed by atoms with van der Waals surface area (Å²) in [6, 6.07) is 5.58. The second kappa shape index (κ2) is 7.41. The van der Waals surface area contributed by atoms with Crippen molar-refractivity contribution in [2.75, 3.05) is 5.32 Å². The van der Waals surface area contributed by atoms with Crippen molar-refractivity contribution in [3.63, 3.8) is 0 Å². The minimum absolute atomic E-state index is 0.195. The number of hydrogen-bond donors (Lipinski definition) is 1. The fourth-order valence-electron chi connectivity index (χ4n) is 2.02. The Morgan fingerprint density at radius 2 is 1.89 bits per heavy atom. The molecule has 19 heavy (non-hydrogen) atoms. The van der Waals surface area contributed by atoms with Crippen molar-refractivity contribution in [2.24, 2.45) is 0 Å². The topological polar surface area (TPSA) is 12.0 Å². The molecular formula is C15H22F3N. The molecule has 0 aliphatic heterocycles. The van der Waals surface area contributed by atoms with E-state index in [2.05, 4.69) is 12.2 Å². The van der Waals surface area contributed by atoms with Crippen LogP contribution in [0.3, 0.4) is 0 Å². The van der Waals surface area contributed by atoms with Crippen molar-refractivity contribution >= 4 is 5.69 Å². The van der Waals surface area contributed by atoms with Gasteiger partial charge in [-0.15, -0.1) is 0 Å². The van der Waals surface area contributed by atoms with Gasteiger partial charge in [0.2, 0.25) is 0 Å². The Bertz CT molecular complexity index is 374. The molecule has 0 saturated heterocycles. The zero-order valence-electron chi connectivity index (χ0n) is 11.6. The van der Waals surface area contributed by atoms with Gasteiger partial charge in [0.05, 0.1) is 5.56 Å². The molecule has 4 heteroatoms. The van der Waals surface area contributed by atoms with E-state index in [0.717, 1.165) is 18.9 Å². The first-order valence-electron chi connectivity index (χ1n) is 6.87. The molecule has 0 amide bonds. The number of unbranched alkanes of at least 4 members (excludes halogenated alkanes) is 3. The van der Waals surface area contributed by atoms with E-state index in [-0.39, 0.29) is 6.04 Å². The normalized spacial score (nSPS) is 13.3. The quantitative estimate of drug-likeness (QED) is 0.649. The van der Waals surface area contributed by atoms with Crippen molar-refractivity contribution in [1.82, 2.24) is 0 Å². The predicted molar refractivity (Wildman–Crippen MR) is 73.3 cm³/mol. The highest BCUT2D eigenvalue weighted by atomic mass is 19.4. The molecule has 1 nitrogen and oxygen atoms in total. The molecule has 0 radical (unpaired) electrons. The van der Waals surface area contributed by atoms with Crippen LogP contribution < -0.4 is 5.32 Å². The Labute approximate surface area is 113 Å². The molecule has 108 valence electrons. The first-order valence-corrected chi connectivity index (χ1v) is 6.87. The van der Waals surface area contributed by atoms with Gasteiger partial charge in [-0.05, 0) is 31.5 Å². The van der Waals surface area contributed by atoms with Gasteiger partial charge in [-0.3, -0.25) is 0 Å². The lowest BCUT2D eigenvalue weighted by molar-refractivity contribution is -0.137. The highest BCUT2D eigenvalue weighted by molar-refractivity contribution is 5.47. The second-order valence-electron chi connectivity index (χ2n) is 4.97. The van der Waals surface area contributed by atoms with Crippen LogP contribution in [0.2, 0.25) is 0 Å². The summed E-state index contributed by atoms with van der Waals surface area (Å²) in [5.74, 6) is 0. The van der Waals surface area contributed by atoms with Crippen LogP contribution in [-0.2, 0) is 6.18 Å². The Hall–Kier alpha value is -1.19. The lowest BCUT2D eigenvalue weighted by Crippen LogP contribution is -2.15. The van der Waals surface area contributed by atoms with Gasteiger partial charge >= 0.3 is 6.18 Å². The van der Waals surface area contributed by atoms with Crippen molar-refractivity contribution in [3.8, 4) is 0 Å². The molecule has 1 aromatic carbocycles. The molecule has 0 aromatic heterocycles. The van der Waals surface area contributed by atoms with Crippen LogP contribution >= 0.6 is 0 Å². The van der Waals surface area contributed by atoms with Gasteiger partial charge in [-0.2, -0.15) is 13.2 Å². The van der Waals surface area contributed by atoms with E-state index in [0.29, 0.717) is 5.69 Å². The van der Waals surface area contributed by atoms with E-state index in [1.165, 1.54) is 31.4 Å². The molecule has 1 atom stereocenters. The summed E-state index contributed by atoms with van der Waals surface area (Å²) in [6.07, 6.45) is 1.41. The number of alkyl halides is 3. The van der Waals surface area contributed by atoms with Crippen LogP contribution in [0.15, 0.2) is 24.3 Å². The maximum Gasteiger partial charge on any atom is 0.416 e. The summed E-state index contributed by atoms with van der Waals surface area (Å²) >= 11 is 0. The monoisotopic (exact) mass is 273 g/mol. The van der Waals surface area contributed by atoms with Crippen LogP contribution in [-0.4, -0.2) is 6.04 Å². The lowest BCUT2D eigenvalue weighted by Gasteiger charge is -2.16. The summed E-state index contributed by atoms with van der Waals surface area (Å²) in [6.45, 7) is 4.16. The van der Waals surface area contributed by atoms with E-state index in [1.54, 1.807) is 6.07 Å². The summed E-state index contributed by atoms with van der Waals surface area (Å²) in [5, 5.41) is 3.13. The van der Waals surface area contributed by atoms with Crippen LogP contribution in [0.25, 0.3) is 0 Å². The molecule has 0 aliphatic carbocycles. The van der Waals surface area contributed by atoms with Crippen molar-refractivity contribution in [3.05, 3.63) is 29.8 Å². The number of nitrogens with one attached hydrogen (secondary N) is 1. The number of benzene rings is 1. The number of halogens is 3. The second-order valence-corrected chi connectivity index (χ2v) is 4.97. The first-order chi connectivity index (χ1) is 8.93. The van der Waals surface area contributed by atoms with Gasteiger partial charge in [-0.1, -0.05) is 38.7 Å². The highest BCUT2D eigenvalue weighted by Crippen LogP contribution is 2.30. The molecule has 1 unspecified atom stereocenters. The summed E-state index contributed by atoms with van der Waals surface area (Å²) in [5.41, 5.74) is -0.0616. The Balaban J connectivity index is 2.48. The number of rotatable bonds is 7. The van der Waals surface area contributed by atoms with Gasteiger partial charge < -0.3 is 5.32 Å². The fourth-order valence-corrected chi connectivity index (χ4v) is 2.02. The molecule has 1 aromatic rings. The molecule has 0 spiro atoms. The molecule has 0 saturated carbocycles. The molecule has 0 fully saturated rings. The molecule has 1 rings (SSSR count). The van der Waals surface area contributed by atoms with Crippen LogP contribution in [0.4, 0.5) is 18.9 Å². The largest absolute Gasteiger partial charge is 0.416 e. The third-order valence-electron chi connectivity index (χ3n) is 3.09. The fraction of sp³-hybridized carbons (Fsp3) is 0.600. The van der Waals surface area contributed by atoms with E-state index in [4.69, 9.17) is 0 Å². The third-order valence-corrected chi connectivity index (χ3v) is 3.09. The third kappa shape index (κ3) is 5.99. The zero-order valence-corrected chi connectivity index (χ0v) is 11.6. The van der Waals surface area contributed by atoms with Crippen LogP contribution in [0.5, 0.6) is 0 Å². The van der Waals surface area contributed by atoms with Gasteiger partial charge in [0.15, 0.2) is 0 Å². The summed E-state index contributed by atoms with van der Waals surface area (Å²) in [4.78, 5) is 0. The zero-order chi connectivity index (χ0) is 14.3. The van der Waals surface area contributed by atoms with Gasteiger partial charge in [-0.25, -0.2) is 0 Å². The van der Waals surface area contributed by atoms with Crippen molar-refractivity contribution in [2.45, 2.75) is 58.2 Å². The van der Waals surface area contributed by atoms with E-state index in [9.17, 15) is 13.2 Å². The van der Waals surface area contributed by atoms with E-state index in [1.807, 2.05) is 6.92 Å². The molecule has 0 heterocycles. The number of anilines is 1. The summed E-state index contributed by atoms with van der Waals surface area (Å²) < 4.78 is 37.7. The maximum absolute atomic E-state index is 12.6. The first kappa shape index (κ1) is 15.9. The molecular weight excluding hydrogens is 251 g/mol. The van der Waals surface area contributed by atoms with Crippen LogP contribution in [0.1, 0.15) is 51.5 Å². The van der Waals surface area contributed by atoms with Crippen molar-refractivity contribution in [1.29, 1.82) is 0 Å². The van der Waals surface area contributed by atoms with E-state index >= 15 is 0 Å². The number of hydrogen-bond acceptors (Lipinski definition) is 1. The Morgan fingerprint density at radius 3 is 2.53 bits per heavy atom. The molecule has 0 bridgehead atoms. The Morgan fingerprint density at radius 1 is 1.16 bits per heavy atom. The highest BCUT2D eigenvalue weighted by Gasteiger charge is 2.30. The van der Waals surface area contributed by atoms with E-state index < -0.39 is 11.7 Å².